The number of methoxy groups -OCH3 is 2. The fraction of sp³-hybridized carbons (Fsp3) is 0.333. The molecule has 13 heavy (non-hydrogen) atoms. The van der Waals surface area contributed by atoms with Crippen LogP contribution in [0.15, 0.2) is 6.07 Å². The number of nitrogen functional groups attached to an aromatic ring is 1. The van der Waals surface area contributed by atoms with Crippen molar-refractivity contribution in [3.8, 4) is 17.2 Å². The first-order valence-corrected chi connectivity index (χ1v) is 3.81. The van der Waals surface area contributed by atoms with Gasteiger partial charge < -0.3 is 20.3 Å². The van der Waals surface area contributed by atoms with Crippen molar-refractivity contribution in [1.82, 2.24) is 0 Å². The summed E-state index contributed by atoms with van der Waals surface area (Å²) in [5.41, 5.74) is 6.89. The monoisotopic (exact) mass is 183 g/mol. The molecule has 0 aliphatic heterocycles. The van der Waals surface area contributed by atoms with Crippen LogP contribution in [0.5, 0.6) is 17.2 Å². The van der Waals surface area contributed by atoms with Gasteiger partial charge in [0.2, 0.25) is 0 Å². The molecule has 0 fully saturated rings. The van der Waals surface area contributed by atoms with Crippen LogP contribution in [0.2, 0.25) is 0 Å². The van der Waals surface area contributed by atoms with Gasteiger partial charge in [0.15, 0.2) is 11.5 Å². The zero-order valence-corrected chi connectivity index (χ0v) is 7.92. The van der Waals surface area contributed by atoms with Crippen molar-refractivity contribution in [1.29, 1.82) is 0 Å². The van der Waals surface area contributed by atoms with Crippen LogP contribution >= 0.6 is 0 Å². The fourth-order valence-electron chi connectivity index (χ4n) is 1.19. The van der Waals surface area contributed by atoms with E-state index in [2.05, 4.69) is 0 Å². The van der Waals surface area contributed by atoms with Gasteiger partial charge in [0.1, 0.15) is 5.75 Å². The Balaban J connectivity index is 3.37. The lowest BCUT2D eigenvalue weighted by atomic mass is 10.1. The molecular weight excluding hydrogens is 170 g/mol. The highest BCUT2D eigenvalue weighted by atomic mass is 16.5. The third-order valence-electron chi connectivity index (χ3n) is 1.93. The Morgan fingerprint density at radius 3 is 2.38 bits per heavy atom. The summed E-state index contributed by atoms with van der Waals surface area (Å²) in [5, 5.41) is 9.47. The first-order chi connectivity index (χ1) is 6.11. The number of phenols is 1. The van der Waals surface area contributed by atoms with E-state index in [0.29, 0.717) is 22.7 Å². The van der Waals surface area contributed by atoms with Gasteiger partial charge in [-0.2, -0.15) is 0 Å². The highest BCUT2D eigenvalue weighted by Crippen LogP contribution is 2.39. The van der Waals surface area contributed by atoms with Gasteiger partial charge in [0.25, 0.3) is 0 Å². The molecule has 0 saturated heterocycles. The topological polar surface area (TPSA) is 64.7 Å². The minimum Gasteiger partial charge on any atom is -0.504 e. The molecule has 0 saturated carbocycles. The Morgan fingerprint density at radius 1 is 1.31 bits per heavy atom. The number of nitrogens with two attached hydrogens (primary N) is 1. The summed E-state index contributed by atoms with van der Waals surface area (Å²) in [7, 11) is 2.98. The molecule has 0 unspecified atom stereocenters. The normalized spacial score (nSPS) is 9.77. The number of hydrogen-bond acceptors (Lipinski definition) is 4. The Labute approximate surface area is 76.9 Å². The predicted molar refractivity (Wildman–Crippen MR) is 50.4 cm³/mol. The van der Waals surface area contributed by atoms with Crippen LogP contribution in [-0.2, 0) is 0 Å². The third-order valence-corrected chi connectivity index (χ3v) is 1.93. The summed E-state index contributed by atoms with van der Waals surface area (Å²) in [5.74, 6) is 0.875. The van der Waals surface area contributed by atoms with Gasteiger partial charge in [-0.25, -0.2) is 0 Å². The minimum atomic E-state index is 0.0334. The fourth-order valence-corrected chi connectivity index (χ4v) is 1.19. The molecule has 1 aromatic rings. The molecule has 0 aliphatic rings. The molecule has 1 aromatic carbocycles. The molecule has 0 aliphatic carbocycles. The van der Waals surface area contributed by atoms with Crippen molar-refractivity contribution in [3.05, 3.63) is 11.6 Å². The predicted octanol–water partition coefficient (Wildman–Crippen LogP) is 1.30. The highest BCUT2D eigenvalue weighted by Gasteiger charge is 2.13. The van der Waals surface area contributed by atoms with Crippen LogP contribution in [0, 0.1) is 6.92 Å². The molecule has 0 radical (unpaired) electrons. The minimum absolute atomic E-state index is 0.0334. The summed E-state index contributed by atoms with van der Waals surface area (Å²) in [4.78, 5) is 0. The first-order valence-electron chi connectivity index (χ1n) is 3.81. The zero-order chi connectivity index (χ0) is 10.0. The molecule has 0 bridgehead atoms. The lowest BCUT2D eigenvalue weighted by Gasteiger charge is -2.12. The lowest BCUT2D eigenvalue weighted by molar-refractivity contribution is 0.364. The van der Waals surface area contributed by atoms with E-state index in [1.807, 2.05) is 0 Å². The van der Waals surface area contributed by atoms with Crippen LogP contribution in [-0.4, -0.2) is 19.3 Å². The molecular formula is C9H13NO3. The molecule has 0 aromatic heterocycles. The maximum atomic E-state index is 9.47. The highest BCUT2D eigenvalue weighted by molar-refractivity contribution is 5.67. The zero-order valence-electron chi connectivity index (χ0n) is 7.92. The van der Waals surface area contributed by atoms with E-state index in [4.69, 9.17) is 15.2 Å². The van der Waals surface area contributed by atoms with Crippen LogP contribution in [0.4, 0.5) is 5.69 Å². The number of anilines is 1. The summed E-state index contributed by atoms with van der Waals surface area (Å²) in [6, 6.07) is 1.43. The first kappa shape index (κ1) is 9.51. The van der Waals surface area contributed by atoms with E-state index < -0.39 is 0 Å². The maximum Gasteiger partial charge on any atom is 0.165 e. The number of rotatable bonds is 2. The summed E-state index contributed by atoms with van der Waals surface area (Å²) >= 11 is 0. The van der Waals surface area contributed by atoms with Gasteiger partial charge in [-0.15, -0.1) is 0 Å². The molecule has 0 spiro atoms. The molecule has 0 atom stereocenters. The van der Waals surface area contributed by atoms with E-state index in [9.17, 15) is 5.11 Å². The smallest absolute Gasteiger partial charge is 0.165 e. The summed E-state index contributed by atoms with van der Waals surface area (Å²) in [6.07, 6.45) is 0. The molecule has 0 heterocycles. The van der Waals surface area contributed by atoms with Crippen LogP contribution < -0.4 is 15.2 Å². The van der Waals surface area contributed by atoms with Crippen LogP contribution in [0.3, 0.4) is 0 Å². The van der Waals surface area contributed by atoms with Gasteiger partial charge >= 0.3 is 0 Å². The Bertz CT molecular complexity index is 323. The van der Waals surface area contributed by atoms with E-state index in [1.54, 1.807) is 6.92 Å². The van der Waals surface area contributed by atoms with E-state index in [1.165, 1.54) is 20.3 Å². The van der Waals surface area contributed by atoms with Gasteiger partial charge in [0.05, 0.1) is 19.9 Å². The van der Waals surface area contributed by atoms with Crippen LogP contribution in [0.25, 0.3) is 0 Å². The average Bonchev–Trinajstić information content (AvgIpc) is 2.12. The number of phenolic OH excluding ortho intramolecular Hbond substituents is 1. The number of hydrogen-bond donors (Lipinski definition) is 2. The van der Waals surface area contributed by atoms with Crippen molar-refractivity contribution in [2.45, 2.75) is 6.92 Å². The summed E-state index contributed by atoms with van der Waals surface area (Å²) in [6.45, 7) is 1.76. The van der Waals surface area contributed by atoms with E-state index in [0.717, 1.165) is 0 Å². The van der Waals surface area contributed by atoms with Gasteiger partial charge in [-0.3, -0.25) is 0 Å². The van der Waals surface area contributed by atoms with Crippen LogP contribution in [0.1, 0.15) is 5.56 Å². The SMILES string of the molecule is COc1cc(O)c(OC)c(C)c1N. The van der Waals surface area contributed by atoms with Crippen molar-refractivity contribution in [3.63, 3.8) is 0 Å². The van der Waals surface area contributed by atoms with Gasteiger partial charge in [-0.1, -0.05) is 0 Å². The second-order valence-corrected chi connectivity index (χ2v) is 2.67. The quantitative estimate of drug-likeness (QED) is 0.535. The Kier molecular flexibility index (Phi) is 2.51. The number of ether oxygens (including phenoxy) is 2. The van der Waals surface area contributed by atoms with Gasteiger partial charge in [0, 0.05) is 11.6 Å². The lowest BCUT2D eigenvalue weighted by Crippen LogP contribution is -1.98. The maximum absolute atomic E-state index is 9.47. The molecule has 3 N–H and O–H groups in total. The third kappa shape index (κ3) is 1.47. The van der Waals surface area contributed by atoms with Crippen molar-refractivity contribution in [2.75, 3.05) is 20.0 Å². The molecule has 1 rings (SSSR count). The Hall–Kier alpha value is -1.58. The standard InChI is InChI=1S/C9H13NO3/c1-5-8(10)7(12-2)4-6(11)9(5)13-3/h4,11H,10H2,1-3H3. The van der Waals surface area contributed by atoms with E-state index >= 15 is 0 Å². The number of aromatic hydroxyl groups is 1. The second kappa shape index (κ2) is 3.43. The van der Waals surface area contributed by atoms with Crippen molar-refractivity contribution >= 4 is 5.69 Å². The average molecular weight is 183 g/mol. The largest absolute Gasteiger partial charge is 0.504 e. The molecule has 0 amide bonds. The molecule has 4 heteroatoms. The number of benzene rings is 1. The molecule has 4 nitrogen and oxygen atoms in total. The van der Waals surface area contributed by atoms with Crippen molar-refractivity contribution < 1.29 is 14.6 Å². The van der Waals surface area contributed by atoms with Gasteiger partial charge in [-0.05, 0) is 6.92 Å². The van der Waals surface area contributed by atoms with Crippen molar-refractivity contribution in [2.24, 2.45) is 0 Å². The second-order valence-electron chi connectivity index (χ2n) is 2.67. The Morgan fingerprint density at radius 2 is 1.92 bits per heavy atom. The molecule has 72 valence electrons. The summed E-state index contributed by atoms with van der Waals surface area (Å²) < 4.78 is 9.94. The van der Waals surface area contributed by atoms with E-state index in [-0.39, 0.29) is 5.75 Å².